The summed E-state index contributed by atoms with van der Waals surface area (Å²) in [6, 6.07) is -1.20. The molecule has 0 aromatic carbocycles. The number of ether oxygens (including phenoxy) is 1. The Hall–Kier alpha value is -0.420. The molecule has 0 aromatic heterocycles. The van der Waals surface area contributed by atoms with Crippen molar-refractivity contribution in [3.8, 4) is 0 Å². The van der Waals surface area contributed by atoms with E-state index >= 15 is 0 Å². The topological polar surface area (TPSA) is 122 Å². The normalized spacial score (nSPS) is 39.9. The van der Waals surface area contributed by atoms with Crippen LogP contribution >= 0.6 is 11.8 Å². The lowest BCUT2D eigenvalue weighted by atomic mass is 9.92. The number of carbonyl (C=O) groups is 1. The third-order valence-corrected chi connectivity index (χ3v) is 6.51. The van der Waals surface area contributed by atoms with E-state index in [1.807, 2.05) is 11.9 Å². The zero-order valence-electron chi connectivity index (χ0n) is 16.5. The number of hydrogen-bond donors (Lipinski definition) is 5. The van der Waals surface area contributed by atoms with Gasteiger partial charge in [-0.3, -0.25) is 9.69 Å². The standard InChI is InChI=1S/C18H34N2O6S/c1-5-6-10-7-11(20(3)8-10)17(25)19-12(9(2)21)16-14(23)13(22)15(24)18(26-16)27-4/h9-16,18,21-24H,5-8H2,1-4H3,(H,19,25)/t9?,10?,11?,12-,13?,14?,15+,16?,18?/m1/s1. The number of hydrogen-bond acceptors (Lipinski definition) is 8. The fourth-order valence-electron chi connectivity index (χ4n) is 4.13. The first kappa shape index (κ1) is 22.9. The first-order valence-corrected chi connectivity index (χ1v) is 10.9. The molecule has 2 heterocycles. The van der Waals surface area contributed by atoms with E-state index < -0.39 is 42.0 Å². The highest BCUT2D eigenvalue weighted by Gasteiger charge is 2.48. The van der Waals surface area contributed by atoms with Crippen molar-refractivity contribution in [3.05, 3.63) is 0 Å². The highest BCUT2D eigenvalue weighted by atomic mass is 32.2. The zero-order chi connectivity index (χ0) is 20.3. The van der Waals surface area contributed by atoms with Crippen molar-refractivity contribution < 1.29 is 30.0 Å². The summed E-state index contributed by atoms with van der Waals surface area (Å²) in [6.45, 7) is 4.48. The number of nitrogens with one attached hydrogen (secondary N) is 1. The maximum atomic E-state index is 12.8. The van der Waals surface area contributed by atoms with E-state index in [4.69, 9.17) is 4.74 Å². The van der Waals surface area contributed by atoms with Crippen LogP contribution in [0.5, 0.6) is 0 Å². The van der Waals surface area contributed by atoms with Crippen LogP contribution in [-0.2, 0) is 9.53 Å². The van der Waals surface area contributed by atoms with Crippen molar-refractivity contribution in [1.29, 1.82) is 0 Å². The number of amides is 1. The summed E-state index contributed by atoms with van der Waals surface area (Å²) in [5.74, 6) is 0.245. The van der Waals surface area contributed by atoms with Crippen molar-refractivity contribution >= 4 is 17.7 Å². The van der Waals surface area contributed by atoms with Gasteiger partial charge in [0, 0.05) is 6.54 Å². The molecule has 2 rings (SSSR count). The summed E-state index contributed by atoms with van der Waals surface area (Å²) < 4.78 is 5.72. The molecule has 0 spiro atoms. The maximum Gasteiger partial charge on any atom is 0.237 e. The lowest BCUT2D eigenvalue weighted by molar-refractivity contribution is -0.211. The molecule has 2 saturated heterocycles. The minimum Gasteiger partial charge on any atom is -0.391 e. The molecule has 5 N–H and O–H groups in total. The third-order valence-electron chi connectivity index (χ3n) is 5.66. The molecule has 7 unspecified atom stereocenters. The lowest BCUT2D eigenvalue weighted by Gasteiger charge is -2.44. The molecule has 2 fully saturated rings. The van der Waals surface area contributed by atoms with Gasteiger partial charge in [0.1, 0.15) is 29.9 Å². The van der Waals surface area contributed by atoms with E-state index in [9.17, 15) is 25.2 Å². The summed E-state index contributed by atoms with van der Waals surface area (Å²) in [5, 5.41) is 43.5. The van der Waals surface area contributed by atoms with Crippen LogP contribution in [0.1, 0.15) is 33.1 Å². The Morgan fingerprint density at radius 3 is 2.52 bits per heavy atom. The zero-order valence-corrected chi connectivity index (χ0v) is 17.3. The highest BCUT2D eigenvalue weighted by Crippen LogP contribution is 2.30. The second-order valence-corrected chi connectivity index (χ2v) is 8.73. The molecule has 0 bridgehead atoms. The number of aliphatic hydroxyl groups is 4. The number of aliphatic hydroxyl groups excluding tert-OH is 4. The average molecular weight is 407 g/mol. The molecule has 27 heavy (non-hydrogen) atoms. The van der Waals surface area contributed by atoms with Gasteiger partial charge in [-0.15, -0.1) is 11.8 Å². The van der Waals surface area contributed by atoms with Crippen LogP contribution in [0.15, 0.2) is 0 Å². The van der Waals surface area contributed by atoms with Gasteiger partial charge in [0.15, 0.2) is 0 Å². The number of nitrogens with zero attached hydrogens (tertiary/aromatic N) is 1. The quantitative estimate of drug-likeness (QED) is 0.370. The van der Waals surface area contributed by atoms with E-state index in [2.05, 4.69) is 12.2 Å². The minimum absolute atomic E-state index is 0.223. The van der Waals surface area contributed by atoms with Crippen molar-refractivity contribution in [2.45, 2.75) is 81.1 Å². The van der Waals surface area contributed by atoms with Crippen molar-refractivity contribution in [1.82, 2.24) is 10.2 Å². The van der Waals surface area contributed by atoms with Gasteiger partial charge in [0.05, 0.1) is 18.2 Å². The maximum absolute atomic E-state index is 12.8. The molecule has 0 aliphatic carbocycles. The number of rotatable bonds is 7. The fraction of sp³-hybridized carbons (Fsp3) is 0.944. The Bertz CT molecular complexity index is 494. The molecule has 2 aliphatic heterocycles. The van der Waals surface area contributed by atoms with E-state index in [-0.39, 0.29) is 11.9 Å². The summed E-state index contributed by atoms with van der Waals surface area (Å²) in [4.78, 5) is 14.9. The van der Waals surface area contributed by atoms with Crippen molar-refractivity contribution in [3.63, 3.8) is 0 Å². The lowest BCUT2D eigenvalue weighted by Crippen LogP contribution is -2.65. The van der Waals surface area contributed by atoms with Crippen molar-refractivity contribution in [2.24, 2.45) is 5.92 Å². The van der Waals surface area contributed by atoms with Crippen molar-refractivity contribution in [2.75, 3.05) is 19.8 Å². The average Bonchev–Trinajstić information content (AvgIpc) is 2.99. The molecule has 0 radical (unpaired) electrons. The molecule has 1 amide bonds. The molecule has 0 aromatic rings. The van der Waals surface area contributed by atoms with Gasteiger partial charge in [-0.1, -0.05) is 13.3 Å². The monoisotopic (exact) mass is 406 g/mol. The van der Waals surface area contributed by atoms with Gasteiger partial charge in [-0.05, 0) is 39.0 Å². The molecular formula is C18H34N2O6S. The Kier molecular flexibility index (Phi) is 8.35. The summed E-state index contributed by atoms with van der Waals surface area (Å²) in [5.41, 5.74) is -0.755. The Morgan fingerprint density at radius 2 is 1.96 bits per heavy atom. The Morgan fingerprint density at radius 1 is 1.30 bits per heavy atom. The second kappa shape index (κ2) is 9.87. The first-order chi connectivity index (χ1) is 12.7. The SMILES string of the molecule is CCCC1CC(C(=O)N[C@H](C(C)O)C2OC(SC)[C@@H](O)C(O)C2O)N(C)C1. The van der Waals surface area contributed by atoms with E-state index in [0.717, 1.165) is 25.8 Å². The van der Waals surface area contributed by atoms with Gasteiger partial charge in [0.25, 0.3) is 0 Å². The highest BCUT2D eigenvalue weighted by molar-refractivity contribution is 7.99. The Labute approximate surface area is 165 Å². The van der Waals surface area contributed by atoms with Crippen LogP contribution in [0.25, 0.3) is 0 Å². The molecule has 0 saturated carbocycles. The summed E-state index contributed by atoms with van der Waals surface area (Å²) in [6.07, 6.45) is -1.50. The molecule has 9 heteroatoms. The summed E-state index contributed by atoms with van der Waals surface area (Å²) in [7, 11) is 1.91. The van der Waals surface area contributed by atoms with Gasteiger partial charge in [0.2, 0.25) is 5.91 Å². The van der Waals surface area contributed by atoms with Crippen LogP contribution in [0.4, 0.5) is 0 Å². The van der Waals surface area contributed by atoms with Crippen LogP contribution < -0.4 is 5.32 Å². The number of thioether (sulfide) groups is 1. The van der Waals surface area contributed by atoms with E-state index in [0.29, 0.717) is 5.92 Å². The van der Waals surface area contributed by atoms with Gasteiger partial charge in [-0.2, -0.15) is 0 Å². The molecule has 2 aliphatic rings. The number of likely N-dealkylation sites (N-methyl/N-ethyl adjacent to an activating group) is 1. The molecule has 8 nitrogen and oxygen atoms in total. The van der Waals surface area contributed by atoms with Crippen LogP contribution in [-0.4, -0.2) is 99.1 Å². The second-order valence-electron chi connectivity index (χ2n) is 7.80. The van der Waals surface area contributed by atoms with Crippen LogP contribution in [0.2, 0.25) is 0 Å². The van der Waals surface area contributed by atoms with Crippen LogP contribution in [0, 0.1) is 5.92 Å². The predicted molar refractivity (Wildman–Crippen MR) is 103 cm³/mol. The van der Waals surface area contributed by atoms with Gasteiger partial charge >= 0.3 is 0 Å². The van der Waals surface area contributed by atoms with Gasteiger partial charge in [-0.25, -0.2) is 0 Å². The number of carbonyl (C=O) groups excluding carboxylic acids is 1. The molecule has 9 atom stereocenters. The minimum atomic E-state index is -1.42. The first-order valence-electron chi connectivity index (χ1n) is 9.62. The number of likely N-dealkylation sites (tertiary alicyclic amines) is 1. The summed E-state index contributed by atoms with van der Waals surface area (Å²) >= 11 is 1.20. The van der Waals surface area contributed by atoms with Gasteiger partial charge < -0.3 is 30.5 Å². The van der Waals surface area contributed by atoms with E-state index in [1.165, 1.54) is 18.7 Å². The molecule has 158 valence electrons. The van der Waals surface area contributed by atoms with Crippen LogP contribution in [0.3, 0.4) is 0 Å². The fourth-order valence-corrected chi connectivity index (χ4v) is 4.81. The largest absolute Gasteiger partial charge is 0.391 e. The van der Waals surface area contributed by atoms with E-state index in [1.54, 1.807) is 6.26 Å². The molecular weight excluding hydrogens is 372 g/mol. The smallest absolute Gasteiger partial charge is 0.237 e. The Balaban J connectivity index is 2.09. The predicted octanol–water partition coefficient (Wildman–Crippen LogP) is -0.857. The third kappa shape index (κ3) is 5.14.